The molecule has 3 aliphatic heterocycles. The third kappa shape index (κ3) is 4.28. The number of ether oxygens (including phenoxy) is 2. The lowest BCUT2D eigenvalue weighted by Crippen LogP contribution is -2.51. The van der Waals surface area contributed by atoms with Gasteiger partial charge in [0.05, 0.1) is 0 Å². The van der Waals surface area contributed by atoms with Gasteiger partial charge in [-0.2, -0.15) is 0 Å². The van der Waals surface area contributed by atoms with E-state index in [9.17, 15) is 28.6 Å². The van der Waals surface area contributed by atoms with Crippen molar-refractivity contribution in [2.45, 2.75) is 38.3 Å². The number of aliphatic hydroxyl groups excluding tert-OH is 2. The van der Waals surface area contributed by atoms with E-state index in [0.29, 0.717) is 48.4 Å². The summed E-state index contributed by atoms with van der Waals surface area (Å²) in [6, 6.07) is 5.58. The Balaban J connectivity index is 1.17. The highest BCUT2D eigenvalue weighted by Crippen LogP contribution is 2.38. The summed E-state index contributed by atoms with van der Waals surface area (Å²) < 4.78 is 38.9. The second-order valence-electron chi connectivity index (χ2n) is 9.69. The fourth-order valence-corrected chi connectivity index (χ4v) is 5.43. The van der Waals surface area contributed by atoms with E-state index in [1.54, 1.807) is 26.0 Å². The van der Waals surface area contributed by atoms with Gasteiger partial charge in [-0.05, 0) is 37.1 Å². The molecule has 4 atom stereocenters. The van der Waals surface area contributed by atoms with E-state index >= 15 is 0 Å². The average Bonchev–Trinajstić information content (AvgIpc) is 3.39. The number of hydrogen-bond donors (Lipinski definition) is 2. The lowest BCUT2D eigenvalue weighted by molar-refractivity contribution is -0.0384. The van der Waals surface area contributed by atoms with Crippen LogP contribution in [0.15, 0.2) is 24.3 Å². The number of carbonyl (C=O) groups is 2. The summed E-state index contributed by atoms with van der Waals surface area (Å²) in [7, 11) is 0. The van der Waals surface area contributed by atoms with Crippen molar-refractivity contribution in [2.75, 3.05) is 39.3 Å². The number of cyclic esters (lactones) is 2. The van der Waals surface area contributed by atoms with Crippen LogP contribution in [0.4, 0.5) is 8.78 Å². The number of rotatable bonds is 6. The van der Waals surface area contributed by atoms with Gasteiger partial charge in [-0.3, -0.25) is 9.80 Å². The van der Waals surface area contributed by atoms with Crippen LogP contribution in [0.3, 0.4) is 0 Å². The molecule has 0 radical (unpaired) electrons. The highest BCUT2D eigenvalue weighted by Gasteiger charge is 2.42. The van der Waals surface area contributed by atoms with Crippen molar-refractivity contribution in [1.82, 2.24) is 9.80 Å². The first-order chi connectivity index (χ1) is 17.2. The fourth-order valence-electron chi connectivity index (χ4n) is 5.43. The lowest BCUT2D eigenvalue weighted by Gasteiger charge is -2.37. The maximum absolute atomic E-state index is 14.2. The predicted molar refractivity (Wildman–Crippen MR) is 123 cm³/mol. The Bertz CT molecular complexity index is 1120. The molecule has 0 aromatic heterocycles. The number of fused-ring (bicyclic) bond motifs is 2. The van der Waals surface area contributed by atoms with E-state index in [-0.39, 0.29) is 24.2 Å². The number of esters is 2. The highest BCUT2D eigenvalue weighted by atomic mass is 19.1. The minimum Gasteiger partial charge on any atom is -0.451 e. The topological polar surface area (TPSA) is 99.5 Å². The summed E-state index contributed by atoms with van der Waals surface area (Å²) in [5.41, 5.74) is 1.94. The molecule has 3 aliphatic rings. The fraction of sp³-hybridized carbons (Fsp3) is 0.462. The molecule has 0 aliphatic carbocycles. The Morgan fingerprint density at radius 3 is 1.50 bits per heavy atom. The molecule has 2 aromatic carbocycles. The molecule has 2 N–H and O–H groups in total. The van der Waals surface area contributed by atoms with Crippen LogP contribution in [0.5, 0.6) is 0 Å². The quantitative estimate of drug-likeness (QED) is 0.580. The zero-order valence-corrected chi connectivity index (χ0v) is 20.0. The zero-order chi connectivity index (χ0) is 25.7. The largest absolute Gasteiger partial charge is 0.451 e. The SMILES string of the molecule is Cc1ccc(F)c2c1C(C(O)CN1CCN(CC(O)C3OC(=O)c4c(F)ccc(C)c43)CC1)OC2=O. The number of β-amino-alcohol motifs (C(OH)–C–C–N with tert-alkyl or cyclic N) is 2. The average molecular weight is 503 g/mol. The monoisotopic (exact) mass is 502 g/mol. The summed E-state index contributed by atoms with van der Waals surface area (Å²) in [6.07, 6.45) is -3.91. The van der Waals surface area contributed by atoms with Gasteiger partial charge in [0, 0.05) is 50.4 Å². The predicted octanol–water partition coefficient (Wildman–Crippen LogP) is 2.04. The highest BCUT2D eigenvalue weighted by molar-refractivity contribution is 5.95. The van der Waals surface area contributed by atoms with Gasteiger partial charge in [0.25, 0.3) is 0 Å². The Kier molecular flexibility index (Phi) is 6.54. The van der Waals surface area contributed by atoms with Gasteiger partial charge < -0.3 is 19.7 Å². The second-order valence-corrected chi connectivity index (χ2v) is 9.69. The molecule has 10 heteroatoms. The molecule has 0 amide bonds. The van der Waals surface area contributed by atoms with Crippen LogP contribution in [0, 0.1) is 25.5 Å². The van der Waals surface area contributed by atoms with Gasteiger partial charge in [-0.1, -0.05) is 12.1 Å². The van der Waals surface area contributed by atoms with Crippen molar-refractivity contribution >= 4 is 11.9 Å². The molecule has 1 saturated heterocycles. The molecule has 0 saturated carbocycles. The molecular weight excluding hydrogens is 474 g/mol. The first-order valence-corrected chi connectivity index (χ1v) is 12.0. The van der Waals surface area contributed by atoms with E-state index in [1.165, 1.54) is 12.1 Å². The van der Waals surface area contributed by atoms with Crippen molar-refractivity contribution in [3.8, 4) is 0 Å². The number of hydrogen-bond acceptors (Lipinski definition) is 8. The van der Waals surface area contributed by atoms with E-state index in [2.05, 4.69) is 0 Å². The standard InChI is InChI=1S/C26H28F2N2O6/c1-13-3-5-15(27)21-19(13)23(35-25(21)33)17(31)11-29-7-9-30(10-8-29)12-18(32)24-20-14(2)4-6-16(28)22(20)26(34)36-24/h3-6,17-18,23-24,31-32H,7-12H2,1-2H3. The van der Waals surface area contributed by atoms with Crippen molar-refractivity contribution < 1.29 is 38.1 Å². The summed E-state index contributed by atoms with van der Waals surface area (Å²) in [4.78, 5) is 28.4. The Morgan fingerprint density at radius 2 is 1.14 bits per heavy atom. The Morgan fingerprint density at radius 1 is 0.778 bits per heavy atom. The summed E-state index contributed by atoms with van der Waals surface area (Å²) in [6.45, 7) is 6.27. The van der Waals surface area contributed by atoms with Gasteiger partial charge in [0.1, 0.15) is 35.0 Å². The molecule has 3 heterocycles. The van der Waals surface area contributed by atoms with Gasteiger partial charge >= 0.3 is 11.9 Å². The van der Waals surface area contributed by atoms with Crippen LogP contribution >= 0.6 is 0 Å². The number of aryl methyl sites for hydroxylation is 2. The molecule has 0 bridgehead atoms. The Labute approximate surface area is 207 Å². The van der Waals surface area contributed by atoms with Gasteiger partial charge in [-0.25, -0.2) is 18.4 Å². The molecule has 4 unspecified atom stereocenters. The number of piperazine rings is 1. The molecule has 0 spiro atoms. The van der Waals surface area contributed by atoms with E-state index in [0.717, 1.165) is 0 Å². The Hall–Kier alpha value is -2.92. The molecule has 1 fully saturated rings. The maximum Gasteiger partial charge on any atom is 0.342 e. The molecular formula is C26H28F2N2O6. The van der Waals surface area contributed by atoms with Crippen molar-refractivity contribution in [1.29, 1.82) is 0 Å². The van der Waals surface area contributed by atoms with Crippen LogP contribution in [0.25, 0.3) is 0 Å². The minimum absolute atomic E-state index is 0.109. The van der Waals surface area contributed by atoms with E-state index < -0.39 is 48.0 Å². The van der Waals surface area contributed by atoms with E-state index in [1.807, 2.05) is 9.80 Å². The third-order valence-electron chi connectivity index (χ3n) is 7.32. The summed E-state index contributed by atoms with van der Waals surface area (Å²) in [5.74, 6) is -2.84. The van der Waals surface area contributed by atoms with Crippen molar-refractivity contribution in [2.24, 2.45) is 0 Å². The van der Waals surface area contributed by atoms with Crippen LogP contribution in [-0.2, 0) is 9.47 Å². The third-order valence-corrected chi connectivity index (χ3v) is 7.32. The van der Waals surface area contributed by atoms with Crippen molar-refractivity contribution in [3.63, 3.8) is 0 Å². The van der Waals surface area contributed by atoms with Gasteiger partial charge in [0.2, 0.25) is 0 Å². The number of carbonyl (C=O) groups excluding carboxylic acids is 2. The van der Waals surface area contributed by atoms with Gasteiger partial charge in [-0.15, -0.1) is 0 Å². The molecule has 36 heavy (non-hydrogen) atoms. The zero-order valence-electron chi connectivity index (χ0n) is 20.0. The normalized spacial score (nSPS) is 23.7. The number of benzene rings is 2. The van der Waals surface area contributed by atoms with Crippen LogP contribution < -0.4 is 0 Å². The summed E-state index contributed by atoms with van der Waals surface area (Å²) in [5, 5.41) is 21.7. The number of halogens is 2. The first kappa shape index (κ1) is 24.8. The van der Waals surface area contributed by atoms with Crippen LogP contribution in [0.2, 0.25) is 0 Å². The molecule has 5 rings (SSSR count). The maximum atomic E-state index is 14.2. The molecule has 192 valence electrons. The molecule has 2 aromatic rings. The summed E-state index contributed by atoms with van der Waals surface area (Å²) >= 11 is 0. The smallest absolute Gasteiger partial charge is 0.342 e. The second kappa shape index (κ2) is 9.51. The first-order valence-electron chi connectivity index (χ1n) is 12.0. The number of nitrogens with zero attached hydrogens (tertiary/aromatic N) is 2. The van der Waals surface area contributed by atoms with Crippen LogP contribution in [0.1, 0.15) is 55.2 Å². The lowest BCUT2D eigenvalue weighted by atomic mass is 9.95. The minimum atomic E-state index is -1.03. The van der Waals surface area contributed by atoms with Crippen molar-refractivity contribution in [3.05, 3.63) is 69.3 Å². The van der Waals surface area contributed by atoms with Crippen LogP contribution in [-0.4, -0.2) is 83.4 Å². The van der Waals surface area contributed by atoms with E-state index in [4.69, 9.17) is 9.47 Å². The van der Waals surface area contributed by atoms with Gasteiger partial charge in [0.15, 0.2) is 12.2 Å². The molecule has 8 nitrogen and oxygen atoms in total. The number of aliphatic hydroxyl groups is 2.